The summed E-state index contributed by atoms with van der Waals surface area (Å²) in [7, 11) is 0. The van der Waals surface area contributed by atoms with Crippen LogP contribution in [0.2, 0.25) is 0 Å². The molecule has 3 fully saturated rings. The first kappa shape index (κ1) is 22.8. The number of oxazole rings is 1. The number of anilines is 1. The molecule has 0 spiro atoms. The van der Waals surface area contributed by atoms with E-state index < -0.39 is 18.3 Å². The number of carbonyl (C=O) groups is 1. The molecule has 1 N–H and O–H groups in total. The molecule has 0 aliphatic carbocycles. The first-order valence-electron chi connectivity index (χ1n) is 10.8. The van der Waals surface area contributed by atoms with Crippen molar-refractivity contribution in [3.63, 3.8) is 0 Å². The van der Waals surface area contributed by atoms with Crippen molar-refractivity contribution in [3.8, 4) is 16.3 Å². The number of piperazine rings is 1. The molecule has 3 aliphatic heterocycles. The van der Waals surface area contributed by atoms with Gasteiger partial charge in [-0.25, -0.2) is 9.78 Å². The van der Waals surface area contributed by atoms with Gasteiger partial charge in [-0.1, -0.05) is 0 Å². The van der Waals surface area contributed by atoms with Gasteiger partial charge in [0.25, 0.3) is 6.01 Å². The summed E-state index contributed by atoms with van der Waals surface area (Å²) in [5, 5.41) is 11.4. The number of piperidine rings is 1. The van der Waals surface area contributed by atoms with Gasteiger partial charge in [0.1, 0.15) is 22.7 Å². The van der Waals surface area contributed by atoms with Crippen LogP contribution in [0.15, 0.2) is 28.1 Å². The van der Waals surface area contributed by atoms with Gasteiger partial charge in [-0.3, -0.25) is 4.90 Å². The minimum absolute atomic E-state index is 0.0408. The van der Waals surface area contributed by atoms with Crippen LogP contribution in [-0.2, 0) is 4.74 Å². The number of amides is 1. The van der Waals surface area contributed by atoms with Crippen LogP contribution in [0, 0.1) is 0 Å². The molecule has 12 heteroatoms. The van der Waals surface area contributed by atoms with Gasteiger partial charge >= 0.3 is 12.2 Å². The summed E-state index contributed by atoms with van der Waals surface area (Å²) in [6.45, 7) is 4.94. The van der Waals surface area contributed by atoms with Crippen molar-refractivity contribution in [2.24, 2.45) is 0 Å². The van der Waals surface area contributed by atoms with Crippen molar-refractivity contribution < 1.29 is 32.6 Å². The highest BCUT2D eigenvalue weighted by molar-refractivity contribution is 7.13. The Bertz CT molecular complexity index is 1200. The second-order valence-corrected chi connectivity index (χ2v) is 10.3. The maximum absolute atomic E-state index is 13.8. The monoisotopic (exact) mass is 494 g/mol. The van der Waals surface area contributed by atoms with Crippen LogP contribution in [0.1, 0.15) is 27.2 Å². The number of benzene rings is 1. The molecule has 1 amide bonds. The van der Waals surface area contributed by atoms with E-state index in [1.54, 1.807) is 22.5 Å². The fourth-order valence-corrected chi connectivity index (χ4v) is 4.95. The maximum Gasteiger partial charge on any atom is 0.421 e. The number of ether oxygens (including phenoxy) is 2. The van der Waals surface area contributed by atoms with Crippen LogP contribution in [0.5, 0.6) is 5.75 Å². The fraction of sp³-hybridized carbons (Fsp3) is 0.500. The number of aliphatic hydroxyl groups is 1. The van der Waals surface area contributed by atoms with Gasteiger partial charge in [0.15, 0.2) is 11.3 Å². The number of rotatable bonds is 5. The average Bonchev–Trinajstić information content (AvgIpc) is 3.43. The Morgan fingerprint density at radius 2 is 2.03 bits per heavy atom. The van der Waals surface area contributed by atoms with E-state index in [0.29, 0.717) is 29.2 Å². The number of alkyl halides is 2. The van der Waals surface area contributed by atoms with E-state index >= 15 is 0 Å². The molecule has 182 valence electrons. The molecule has 2 bridgehead atoms. The van der Waals surface area contributed by atoms with Gasteiger partial charge in [-0.2, -0.15) is 13.8 Å². The Kier molecular flexibility index (Phi) is 5.40. The highest BCUT2D eigenvalue weighted by Gasteiger charge is 2.49. The minimum Gasteiger partial charge on any atom is -0.444 e. The zero-order valence-corrected chi connectivity index (χ0v) is 19.6. The van der Waals surface area contributed by atoms with Gasteiger partial charge < -0.3 is 23.9 Å². The van der Waals surface area contributed by atoms with Crippen molar-refractivity contribution in [3.05, 3.63) is 23.7 Å². The average molecular weight is 495 g/mol. The topological polar surface area (TPSA) is 101 Å². The largest absolute Gasteiger partial charge is 0.444 e. The lowest BCUT2D eigenvalue weighted by atomic mass is 9.88. The standard InChI is InChI=1S/C22H24F2N4O5S/c1-21(2,3)33-20(30)28-12-8-13(28)10-27(9-12)19-26-16-14(18-25-6-7-34-18)4-5-15(17(16)31-19)32-22(23,24)11-29/h4-7,12-13,29H,8-11H2,1-3H3. The Morgan fingerprint density at radius 3 is 2.65 bits per heavy atom. The molecule has 34 heavy (non-hydrogen) atoms. The number of aromatic nitrogens is 2. The van der Waals surface area contributed by atoms with Crippen molar-refractivity contribution >= 4 is 34.5 Å². The third kappa shape index (κ3) is 4.16. The molecule has 1 aromatic carbocycles. The molecule has 3 saturated heterocycles. The first-order valence-corrected chi connectivity index (χ1v) is 11.7. The normalized spacial score (nSPS) is 20.4. The molecule has 0 radical (unpaired) electrons. The molecule has 0 saturated carbocycles. The minimum atomic E-state index is -3.77. The molecule has 2 atom stereocenters. The number of aliphatic hydroxyl groups excluding tert-OH is 1. The van der Waals surface area contributed by atoms with E-state index in [2.05, 4.69) is 9.97 Å². The van der Waals surface area contributed by atoms with E-state index in [4.69, 9.17) is 19.0 Å². The van der Waals surface area contributed by atoms with E-state index in [1.807, 2.05) is 25.7 Å². The molecule has 5 heterocycles. The SMILES string of the molecule is CC(C)(C)OC(=O)N1C2CC1CN(c1nc3c(-c4nccs4)ccc(OC(F)(F)CO)c3o1)C2. The van der Waals surface area contributed by atoms with Crippen LogP contribution in [0.25, 0.3) is 21.7 Å². The molecule has 3 aliphatic rings. The Balaban J connectivity index is 1.45. The molecule has 2 unspecified atom stereocenters. The third-order valence-corrected chi connectivity index (χ3v) is 6.48. The predicted molar refractivity (Wildman–Crippen MR) is 120 cm³/mol. The lowest BCUT2D eigenvalue weighted by Gasteiger charge is -2.55. The van der Waals surface area contributed by atoms with E-state index in [1.165, 1.54) is 17.4 Å². The van der Waals surface area contributed by atoms with E-state index in [-0.39, 0.29) is 35.5 Å². The quantitative estimate of drug-likeness (QED) is 0.566. The van der Waals surface area contributed by atoms with Crippen molar-refractivity contribution in [1.29, 1.82) is 0 Å². The highest BCUT2D eigenvalue weighted by Crippen LogP contribution is 2.41. The third-order valence-electron chi connectivity index (χ3n) is 5.67. The Labute approximate surface area is 197 Å². The van der Waals surface area contributed by atoms with Gasteiger partial charge in [0.05, 0.1) is 12.1 Å². The smallest absolute Gasteiger partial charge is 0.421 e. The highest BCUT2D eigenvalue weighted by atomic mass is 32.1. The van der Waals surface area contributed by atoms with Crippen LogP contribution in [0.3, 0.4) is 0 Å². The van der Waals surface area contributed by atoms with Crippen molar-refractivity contribution in [2.45, 2.75) is 51.0 Å². The first-order chi connectivity index (χ1) is 16.0. The molecule has 9 nitrogen and oxygen atoms in total. The summed E-state index contributed by atoms with van der Waals surface area (Å²) >= 11 is 1.38. The summed E-state index contributed by atoms with van der Waals surface area (Å²) in [6.07, 6.45) is -1.64. The van der Waals surface area contributed by atoms with Gasteiger partial charge in [-0.15, -0.1) is 11.3 Å². The number of thiazole rings is 1. The van der Waals surface area contributed by atoms with Crippen LogP contribution < -0.4 is 9.64 Å². The lowest BCUT2D eigenvalue weighted by Crippen LogP contribution is -2.70. The second-order valence-electron chi connectivity index (χ2n) is 9.36. The number of nitrogens with zero attached hydrogens (tertiary/aromatic N) is 4. The number of halogens is 2. The molecule has 3 aromatic rings. The predicted octanol–water partition coefficient (Wildman–Crippen LogP) is 4.11. The maximum atomic E-state index is 13.8. The van der Waals surface area contributed by atoms with E-state index in [0.717, 1.165) is 6.42 Å². The van der Waals surface area contributed by atoms with Gasteiger partial charge in [0.2, 0.25) is 0 Å². The lowest BCUT2D eigenvalue weighted by molar-refractivity contribution is -0.200. The molecule has 2 aromatic heterocycles. The fourth-order valence-electron chi connectivity index (χ4n) is 4.29. The summed E-state index contributed by atoms with van der Waals surface area (Å²) in [4.78, 5) is 25.1. The number of fused-ring (bicyclic) bond motifs is 3. The van der Waals surface area contributed by atoms with Gasteiger partial charge in [-0.05, 0) is 39.3 Å². The van der Waals surface area contributed by atoms with E-state index in [9.17, 15) is 13.6 Å². The van der Waals surface area contributed by atoms with Crippen LogP contribution >= 0.6 is 11.3 Å². The number of hydrogen-bond donors (Lipinski definition) is 1. The van der Waals surface area contributed by atoms with Crippen molar-refractivity contribution in [1.82, 2.24) is 14.9 Å². The molecule has 6 rings (SSSR count). The van der Waals surface area contributed by atoms with Crippen LogP contribution in [-0.4, -0.2) is 69.6 Å². The number of hydrogen-bond acceptors (Lipinski definition) is 9. The molecular formula is C22H24F2N4O5S. The number of carbonyl (C=O) groups excluding carboxylic acids is 1. The Hall–Kier alpha value is -2.99. The zero-order valence-electron chi connectivity index (χ0n) is 18.8. The second kappa shape index (κ2) is 8.05. The summed E-state index contributed by atoms with van der Waals surface area (Å²) < 4.78 is 43.8. The summed E-state index contributed by atoms with van der Waals surface area (Å²) in [6, 6.07) is 3.08. The van der Waals surface area contributed by atoms with Crippen LogP contribution in [0.4, 0.5) is 19.6 Å². The summed E-state index contributed by atoms with van der Waals surface area (Å²) in [5.74, 6) is -0.231. The molecular weight excluding hydrogens is 470 g/mol. The van der Waals surface area contributed by atoms with Gasteiger partial charge in [0, 0.05) is 30.2 Å². The zero-order chi connectivity index (χ0) is 24.3. The summed E-state index contributed by atoms with van der Waals surface area (Å²) in [5.41, 5.74) is 0.413. The van der Waals surface area contributed by atoms with Crippen molar-refractivity contribution in [2.75, 3.05) is 24.6 Å². The Morgan fingerprint density at radius 1 is 1.29 bits per heavy atom.